The molecule has 2 nitrogen and oxygen atoms in total. The number of pyridine rings is 1. The molecule has 1 fully saturated rings. The molecular weight excluding hydrogens is 216 g/mol. The van der Waals surface area contributed by atoms with E-state index in [1.807, 2.05) is 23.9 Å². The molecule has 1 saturated heterocycles. The average Bonchev–Trinajstić information content (AvgIpc) is 2.45. The van der Waals surface area contributed by atoms with Crippen molar-refractivity contribution < 1.29 is 0 Å². The van der Waals surface area contributed by atoms with E-state index in [4.69, 9.17) is 11.6 Å². The Hall–Kier alpha value is -0.410. The molecule has 0 unspecified atom stereocenters. The molecule has 0 aliphatic carbocycles. The molecule has 1 aliphatic rings. The molecule has 0 bridgehead atoms. The Kier molecular flexibility index (Phi) is 3.54. The number of nitrogens with zero attached hydrogens (tertiary/aromatic N) is 2. The molecule has 2 rings (SSSR count). The van der Waals surface area contributed by atoms with Crippen molar-refractivity contribution in [2.24, 2.45) is 0 Å². The van der Waals surface area contributed by atoms with E-state index in [2.05, 4.69) is 9.88 Å². The summed E-state index contributed by atoms with van der Waals surface area (Å²) >= 11 is 7.89. The summed E-state index contributed by atoms with van der Waals surface area (Å²) in [7, 11) is 0. The first-order valence-corrected chi connectivity index (χ1v) is 6.34. The fraction of sp³-hybridized carbons (Fsp3) is 0.500. The number of halogens is 1. The summed E-state index contributed by atoms with van der Waals surface area (Å²) in [6.07, 6.45) is 3.03. The topological polar surface area (TPSA) is 16.1 Å². The van der Waals surface area contributed by atoms with Crippen LogP contribution in [0.5, 0.6) is 0 Å². The summed E-state index contributed by atoms with van der Waals surface area (Å²) in [5, 5.41) is 0.583. The quantitative estimate of drug-likeness (QED) is 0.688. The van der Waals surface area contributed by atoms with E-state index >= 15 is 0 Å². The van der Waals surface area contributed by atoms with Gasteiger partial charge in [-0.15, -0.1) is 0 Å². The first-order chi connectivity index (χ1) is 6.86. The molecule has 0 amide bonds. The van der Waals surface area contributed by atoms with Gasteiger partial charge in [-0.1, -0.05) is 11.6 Å². The van der Waals surface area contributed by atoms with Gasteiger partial charge >= 0.3 is 0 Å². The minimum atomic E-state index is 0.583. The standard InChI is InChI=1S/C10H13ClN2S/c11-10-8-9(2-3-12-10)13-4-1-6-14-7-5-13/h2-3,8H,1,4-7H2. The maximum atomic E-state index is 5.86. The van der Waals surface area contributed by atoms with Crippen LogP contribution < -0.4 is 4.90 Å². The first kappa shape index (κ1) is 10.1. The minimum Gasteiger partial charge on any atom is -0.371 e. The van der Waals surface area contributed by atoms with Gasteiger partial charge in [-0.05, 0) is 24.3 Å². The maximum Gasteiger partial charge on any atom is 0.131 e. The molecular formula is C10H13ClN2S. The van der Waals surface area contributed by atoms with E-state index in [9.17, 15) is 0 Å². The molecule has 0 N–H and O–H groups in total. The van der Waals surface area contributed by atoms with E-state index < -0.39 is 0 Å². The van der Waals surface area contributed by atoms with E-state index in [0.717, 1.165) is 13.1 Å². The van der Waals surface area contributed by atoms with Crippen molar-refractivity contribution in [1.29, 1.82) is 0 Å². The van der Waals surface area contributed by atoms with Crippen LogP contribution in [0.15, 0.2) is 18.3 Å². The van der Waals surface area contributed by atoms with Crippen LogP contribution >= 0.6 is 23.4 Å². The van der Waals surface area contributed by atoms with E-state index in [0.29, 0.717) is 5.15 Å². The smallest absolute Gasteiger partial charge is 0.131 e. The largest absolute Gasteiger partial charge is 0.371 e. The van der Waals surface area contributed by atoms with Gasteiger partial charge in [0.15, 0.2) is 0 Å². The summed E-state index contributed by atoms with van der Waals surface area (Å²) in [5.74, 6) is 2.48. The monoisotopic (exact) mass is 228 g/mol. The third kappa shape index (κ3) is 2.55. The van der Waals surface area contributed by atoms with Gasteiger partial charge in [0.2, 0.25) is 0 Å². The Labute approximate surface area is 93.7 Å². The van der Waals surface area contributed by atoms with Crippen LogP contribution in [0.1, 0.15) is 6.42 Å². The third-order valence-electron chi connectivity index (χ3n) is 2.30. The Balaban J connectivity index is 2.12. The third-order valence-corrected chi connectivity index (χ3v) is 3.55. The second-order valence-electron chi connectivity index (χ2n) is 3.29. The van der Waals surface area contributed by atoms with E-state index in [1.165, 1.54) is 23.6 Å². The SMILES string of the molecule is Clc1cc(N2CCCSCC2)ccn1. The molecule has 1 aromatic heterocycles. The molecule has 0 spiro atoms. The second kappa shape index (κ2) is 4.89. The van der Waals surface area contributed by atoms with Crippen molar-refractivity contribution >= 4 is 29.1 Å². The lowest BCUT2D eigenvalue weighted by Crippen LogP contribution is -2.25. The zero-order valence-electron chi connectivity index (χ0n) is 7.95. The molecule has 2 heterocycles. The molecule has 0 atom stereocenters. The van der Waals surface area contributed by atoms with Crippen LogP contribution in [0.3, 0.4) is 0 Å². The van der Waals surface area contributed by atoms with Crippen LogP contribution in [0.2, 0.25) is 5.15 Å². The molecule has 0 aromatic carbocycles. The molecule has 0 saturated carbocycles. The van der Waals surface area contributed by atoms with Crippen LogP contribution in [-0.2, 0) is 0 Å². The van der Waals surface area contributed by atoms with E-state index in [-0.39, 0.29) is 0 Å². The highest BCUT2D eigenvalue weighted by Crippen LogP contribution is 2.20. The van der Waals surface area contributed by atoms with Gasteiger partial charge in [0.1, 0.15) is 5.15 Å². The van der Waals surface area contributed by atoms with Crippen molar-refractivity contribution in [1.82, 2.24) is 4.98 Å². The van der Waals surface area contributed by atoms with Gasteiger partial charge in [0.05, 0.1) is 0 Å². The zero-order valence-corrected chi connectivity index (χ0v) is 9.52. The van der Waals surface area contributed by atoms with Gasteiger partial charge in [0.25, 0.3) is 0 Å². The molecule has 0 radical (unpaired) electrons. The molecule has 1 aliphatic heterocycles. The van der Waals surface area contributed by atoms with Gasteiger partial charge in [-0.3, -0.25) is 0 Å². The van der Waals surface area contributed by atoms with Crippen molar-refractivity contribution in [2.75, 3.05) is 29.5 Å². The highest BCUT2D eigenvalue weighted by atomic mass is 35.5. The van der Waals surface area contributed by atoms with Gasteiger partial charge in [-0.2, -0.15) is 11.8 Å². The normalized spacial score (nSPS) is 17.9. The number of aromatic nitrogens is 1. The number of hydrogen-bond donors (Lipinski definition) is 0. The summed E-state index contributed by atoms with van der Waals surface area (Å²) in [5.41, 5.74) is 1.20. The Bertz CT molecular complexity index is 298. The second-order valence-corrected chi connectivity index (χ2v) is 4.90. The van der Waals surface area contributed by atoms with Crippen LogP contribution in [-0.4, -0.2) is 29.6 Å². The number of anilines is 1. The fourth-order valence-corrected chi connectivity index (χ4v) is 2.65. The summed E-state index contributed by atoms with van der Waals surface area (Å²) in [6.45, 7) is 2.25. The van der Waals surface area contributed by atoms with Crippen molar-refractivity contribution in [3.8, 4) is 0 Å². The molecule has 14 heavy (non-hydrogen) atoms. The minimum absolute atomic E-state index is 0.583. The van der Waals surface area contributed by atoms with Crippen molar-refractivity contribution in [2.45, 2.75) is 6.42 Å². The predicted octanol–water partition coefficient (Wildman–Crippen LogP) is 2.68. The Morgan fingerprint density at radius 2 is 2.29 bits per heavy atom. The lowest BCUT2D eigenvalue weighted by Gasteiger charge is -2.21. The van der Waals surface area contributed by atoms with Gasteiger partial charge < -0.3 is 4.90 Å². The molecule has 4 heteroatoms. The predicted molar refractivity (Wildman–Crippen MR) is 63.4 cm³/mol. The molecule has 1 aromatic rings. The maximum absolute atomic E-state index is 5.86. The summed E-state index contributed by atoms with van der Waals surface area (Å²) in [6, 6.07) is 3.97. The fourth-order valence-electron chi connectivity index (χ4n) is 1.59. The lowest BCUT2D eigenvalue weighted by atomic mass is 10.3. The van der Waals surface area contributed by atoms with Crippen molar-refractivity contribution in [3.05, 3.63) is 23.5 Å². The zero-order chi connectivity index (χ0) is 9.80. The molecule has 76 valence electrons. The van der Waals surface area contributed by atoms with Gasteiger partial charge in [-0.25, -0.2) is 4.98 Å². The van der Waals surface area contributed by atoms with Gasteiger partial charge in [0, 0.05) is 30.7 Å². The summed E-state index contributed by atoms with van der Waals surface area (Å²) < 4.78 is 0. The van der Waals surface area contributed by atoms with Crippen LogP contribution in [0.25, 0.3) is 0 Å². The average molecular weight is 229 g/mol. The van der Waals surface area contributed by atoms with Crippen LogP contribution in [0, 0.1) is 0 Å². The summed E-state index contributed by atoms with van der Waals surface area (Å²) in [4.78, 5) is 6.37. The number of thioether (sulfide) groups is 1. The Morgan fingerprint density at radius 1 is 1.36 bits per heavy atom. The lowest BCUT2D eigenvalue weighted by molar-refractivity contribution is 0.815. The van der Waals surface area contributed by atoms with Crippen LogP contribution in [0.4, 0.5) is 5.69 Å². The van der Waals surface area contributed by atoms with E-state index in [1.54, 1.807) is 6.20 Å². The Morgan fingerprint density at radius 3 is 3.14 bits per heavy atom. The number of rotatable bonds is 1. The highest BCUT2D eigenvalue weighted by molar-refractivity contribution is 7.99. The first-order valence-electron chi connectivity index (χ1n) is 4.80. The van der Waals surface area contributed by atoms with Crippen molar-refractivity contribution in [3.63, 3.8) is 0 Å². The highest BCUT2D eigenvalue weighted by Gasteiger charge is 2.09. The number of hydrogen-bond acceptors (Lipinski definition) is 3.